The number of ether oxygens (including phenoxy) is 1. The van der Waals surface area contributed by atoms with E-state index in [4.69, 9.17) is 4.74 Å². The molecule has 96 valence electrons. The van der Waals surface area contributed by atoms with E-state index in [-0.39, 0.29) is 24.0 Å². The molecule has 1 aromatic carbocycles. The van der Waals surface area contributed by atoms with E-state index in [9.17, 15) is 0 Å². The standard InChI is InChI=1S/C12H19N3O.HI/c1-13-12(14-2)15-8-7-10-5-4-6-11(9-10)16-3;/h4-6,9H,7-8H2,1-3H3,(H2,13,14,15);1H. The van der Waals surface area contributed by atoms with Gasteiger partial charge in [0.1, 0.15) is 5.75 Å². The smallest absolute Gasteiger partial charge is 0.190 e. The largest absolute Gasteiger partial charge is 0.497 e. The summed E-state index contributed by atoms with van der Waals surface area (Å²) in [4.78, 5) is 4.04. The summed E-state index contributed by atoms with van der Waals surface area (Å²) in [5.74, 6) is 1.71. The summed E-state index contributed by atoms with van der Waals surface area (Å²) in [5.41, 5.74) is 1.25. The van der Waals surface area contributed by atoms with Gasteiger partial charge in [-0.3, -0.25) is 4.99 Å². The topological polar surface area (TPSA) is 45.7 Å². The van der Waals surface area contributed by atoms with Crippen molar-refractivity contribution in [3.63, 3.8) is 0 Å². The molecule has 1 rings (SSSR count). The minimum Gasteiger partial charge on any atom is -0.497 e. The Morgan fingerprint density at radius 1 is 1.41 bits per heavy atom. The van der Waals surface area contributed by atoms with Crippen LogP contribution in [0.25, 0.3) is 0 Å². The van der Waals surface area contributed by atoms with E-state index in [0.29, 0.717) is 0 Å². The molecule has 0 amide bonds. The van der Waals surface area contributed by atoms with Gasteiger partial charge in [-0.15, -0.1) is 24.0 Å². The normalized spacial score (nSPS) is 10.4. The summed E-state index contributed by atoms with van der Waals surface area (Å²) in [5, 5.41) is 6.18. The van der Waals surface area contributed by atoms with Crippen LogP contribution < -0.4 is 15.4 Å². The number of halogens is 1. The highest BCUT2D eigenvalue weighted by molar-refractivity contribution is 14.0. The number of hydrogen-bond donors (Lipinski definition) is 2. The first kappa shape index (κ1) is 16.0. The molecule has 5 heteroatoms. The molecule has 0 aromatic heterocycles. The molecule has 0 atom stereocenters. The molecule has 0 bridgehead atoms. The van der Waals surface area contributed by atoms with Crippen LogP contribution in [0.1, 0.15) is 5.56 Å². The van der Waals surface area contributed by atoms with Crippen molar-refractivity contribution in [2.75, 3.05) is 27.7 Å². The Morgan fingerprint density at radius 3 is 2.76 bits per heavy atom. The first-order valence-corrected chi connectivity index (χ1v) is 5.31. The van der Waals surface area contributed by atoms with E-state index >= 15 is 0 Å². The van der Waals surface area contributed by atoms with Crippen LogP contribution >= 0.6 is 24.0 Å². The Bertz CT molecular complexity index is 355. The zero-order valence-electron chi connectivity index (χ0n) is 10.5. The zero-order chi connectivity index (χ0) is 11.8. The van der Waals surface area contributed by atoms with Gasteiger partial charge >= 0.3 is 0 Å². The molecule has 0 heterocycles. The predicted octanol–water partition coefficient (Wildman–Crippen LogP) is 1.65. The van der Waals surface area contributed by atoms with Gasteiger partial charge in [-0.05, 0) is 24.1 Å². The lowest BCUT2D eigenvalue weighted by Crippen LogP contribution is -2.35. The van der Waals surface area contributed by atoms with Gasteiger partial charge in [0.15, 0.2) is 5.96 Å². The molecule has 0 saturated heterocycles. The Labute approximate surface area is 120 Å². The average Bonchev–Trinajstić information content (AvgIpc) is 2.35. The zero-order valence-corrected chi connectivity index (χ0v) is 12.8. The minimum atomic E-state index is 0. The fraction of sp³-hybridized carbons (Fsp3) is 0.417. The minimum absolute atomic E-state index is 0. The summed E-state index contributed by atoms with van der Waals surface area (Å²) >= 11 is 0. The number of hydrogen-bond acceptors (Lipinski definition) is 2. The van der Waals surface area contributed by atoms with Gasteiger partial charge in [-0.25, -0.2) is 0 Å². The second-order valence-electron chi connectivity index (χ2n) is 3.35. The number of guanidine groups is 1. The molecular formula is C12H20IN3O. The maximum absolute atomic E-state index is 5.17. The quantitative estimate of drug-likeness (QED) is 0.494. The number of benzene rings is 1. The van der Waals surface area contributed by atoms with E-state index in [0.717, 1.165) is 24.7 Å². The molecule has 0 spiro atoms. The molecule has 0 aliphatic heterocycles. The average molecular weight is 349 g/mol. The summed E-state index contributed by atoms with van der Waals surface area (Å²) in [7, 11) is 5.28. The third-order valence-electron chi connectivity index (χ3n) is 2.30. The molecule has 0 unspecified atom stereocenters. The van der Waals surface area contributed by atoms with Crippen LogP contribution in [-0.4, -0.2) is 33.7 Å². The summed E-state index contributed by atoms with van der Waals surface area (Å²) < 4.78 is 5.17. The van der Waals surface area contributed by atoms with E-state index < -0.39 is 0 Å². The van der Waals surface area contributed by atoms with Gasteiger partial charge in [-0.1, -0.05) is 12.1 Å². The van der Waals surface area contributed by atoms with Gasteiger partial charge in [-0.2, -0.15) is 0 Å². The maximum atomic E-state index is 5.17. The van der Waals surface area contributed by atoms with Crippen molar-refractivity contribution in [1.82, 2.24) is 10.6 Å². The van der Waals surface area contributed by atoms with E-state index in [1.807, 2.05) is 25.2 Å². The SMILES string of the molecule is CN=C(NC)NCCc1cccc(OC)c1.I. The summed E-state index contributed by atoms with van der Waals surface area (Å²) in [6.07, 6.45) is 0.942. The van der Waals surface area contributed by atoms with E-state index in [1.165, 1.54) is 5.56 Å². The molecule has 4 nitrogen and oxygen atoms in total. The lowest BCUT2D eigenvalue weighted by molar-refractivity contribution is 0.414. The lowest BCUT2D eigenvalue weighted by atomic mass is 10.1. The van der Waals surface area contributed by atoms with Gasteiger partial charge in [0.05, 0.1) is 7.11 Å². The predicted molar refractivity (Wildman–Crippen MR) is 82.5 cm³/mol. The van der Waals surface area contributed by atoms with Crippen molar-refractivity contribution in [3.05, 3.63) is 29.8 Å². The fourth-order valence-electron chi connectivity index (χ4n) is 1.43. The van der Waals surface area contributed by atoms with Crippen molar-refractivity contribution in [3.8, 4) is 5.75 Å². The van der Waals surface area contributed by atoms with Gasteiger partial charge in [0.25, 0.3) is 0 Å². The third-order valence-corrected chi connectivity index (χ3v) is 2.30. The second-order valence-corrected chi connectivity index (χ2v) is 3.35. The molecule has 17 heavy (non-hydrogen) atoms. The van der Waals surface area contributed by atoms with E-state index in [1.54, 1.807) is 14.2 Å². The highest BCUT2D eigenvalue weighted by atomic mass is 127. The number of methoxy groups -OCH3 is 1. The molecule has 1 aromatic rings. The van der Waals surface area contributed by atoms with Crippen molar-refractivity contribution >= 4 is 29.9 Å². The number of nitrogens with zero attached hydrogens (tertiary/aromatic N) is 1. The number of rotatable bonds is 4. The van der Waals surface area contributed by atoms with Crippen LogP contribution in [0.4, 0.5) is 0 Å². The van der Waals surface area contributed by atoms with Crippen LogP contribution in [0.15, 0.2) is 29.3 Å². The van der Waals surface area contributed by atoms with Crippen molar-refractivity contribution in [2.45, 2.75) is 6.42 Å². The van der Waals surface area contributed by atoms with Crippen LogP contribution in [0, 0.1) is 0 Å². The third kappa shape index (κ3) is 5.76. The molecular weight excluding hydrogens is 329 g/mol. The van der Waals surface area contributed by atoms with Gasteiger partial charge in [0.2, 0.25) is 0 Å². The first-order valence-electron chi connectivity index (χ1n) is 5.31. The summed E-state index contributed by atoms with van der Waals surface area (Å²) in [6.45, 7) is 0.848. The monoisotopic (exact) mass is 349 g/mol. The molecule has 0 aliphatic carbocycles. The maximum Gasteiger partial charge on any atom is 0.190 e. The Hall–Kier alpha value is -0.980. The molecule has 0 aliphatic rings. The van der Waals surface area contributed by atoms with Crippen LogP contribution in [0.5, 0.6) is 5.75 Å². The van der Waals surface area contributed by atoms with Crippen molar-refractivity contribution in [2.24, 2.45) is 4.99 Å². The number of aliphatic imine (C=N–C) groups is 1. The van der Waals surface area contributed by atoms with Crippen LogP contribution in [0.2, 0.25) is 0 Å². The Morgan fingerprint density at radius 2 is 2.18 bits per heavy atom. The second kappa shape index (κ2) is 9.09. The van der Waals surface area contributed by atoms with Crippen LogP contribution in [-0.2, 0) is 6.42 Å². The van der Waals surface area contributed by atoms with Gasteiger partial charge in [0, 0.05) is 20.6 Å². The van der Waals surface area contributed by atoms with Gasteiger partial charge < -0.3 is 15.4 Å². The Kier molecular flexibility index (Phi) is 8.57. The highest BCUT2D eigenvalue weighted by Gasteiger charge is 1.97. The summed E-state index contributed by atoms with van der Waals surface area (Å²) in [6, 6.07) is 8.08. The first-order chi connectivity index (χ1) is 7.80. The van der Waals surface area contributed by atoms with Crippen LogP contribution in [0.3, 0.4) is 0 Å². The van der Waals surface area contributed by atoms with E-state index in [2.05, 4.69) is 21.7 Å². The molecule has 0 radical (unpaired) electrons. The van der Waals surface area contributed by atoms with Crippen molar-refractivity contribution < 1.29 is 4.74 Å². The fourth-order valence-corrected chi connectivity index (χ4v) is 1.43. The Balaban J connectivity index is 0.00000256. The van der Waals surface area contributed by atoms with Crippen molar-refractivity contribution in [1.29, 1.82) is 0 Å². The molecule has 0 saturated carbocycles. The number of nitrogens with one attached hydrogen (secondary N) is 2. The molecule has 2 N–H and O–H groups in total. The lowest BCUT2D eigenvalue weighted by Gasteiger charge is -2.08. The molecule has 0 fully saturated rings. The highest BCUT2D eigenvalue weighted by Crippen LogP contribution is 2.12.